The molecule has 2 aromatic rings. The predicted molar refractivity (Wildman–Crippen MR) is 98.8 cm³/mol. The van der Waals surface area contributed by atoms with E-state index in [9.17, 15) is 8.42 Å². The van der Waals surface area contributed by atoms with Crippen LogP contribution in [0.25, 0.3) is 0 Å². The standard InChI is InChI=1S/C19H24N2O3S/c1-14-8-15(2)10-17(9-14)24-18-11-16(3)12-19(13-18)25(22,23)21-6-4-20-5-7-21/h8-13,20H,4-7H2,1-3H3. The third-order valence-corrected chi connectivity index (χ3v) is 6.05. The summed E-state index contributed by atoms with van der Waals surface area (Å²) in [5.41, 5.74) is 3.07. The molecule has 0 spiro atoms. The van der Waals surface area contributed by atoms with Crippen molar-refractivity contribution in [2.45, 2.75) is 25.7 Å². The van der Waals surface area contributed by atoms with Crippen molar-refractivity contribution < 1.29 is 13.2 Å². The summed E-state index contributed by atoms with van der Waals surface area (Å²) in [6, 6.07) is 11.1. The second kappa shape index (κ2) is 7.15. The van der Waals surface area contributed by atoms with Crippen LogP contribution in [0.15, 0.2) is 41.3 Å². The molecule has 3 rings (SSSR count). The van der Waals surface area contributed by atoms with Crippen LogP contribution < -0.4 is 10.1 Å². The molecule has 0 saturated carbocycles. The maximum Gasteiger partial charge on any atom is 0.243 e. The number of aryl methyl sites for hydroxylation is 3. The summed E-state index contributed by atoms with van der Waals surface area (Å²) in [5, 5.41) is 3.17. The molecule has 2 aromatic carbocycles. The van der Waals surface area contributed by atoms with Gasteiger partial charge in [-0.1, -0.05) is 6.07 Å². The summed E-state index contributed by atoms with van der Waals surface area (Å²) < 4.78 is 33.3. The number of rotatable bonds is 4. The Balaban J connectivity index is 1.92. The van der Waals surface area contributed by atoms with E-state index in [0.29, 0.717) is 37.7 Å². The number of nitrogens with zero attached hydrogens (tertiary/aromatic N) is 1. The van der Waals surface area contributed by atoms with Gasteiger partial charge in [-0.05, 0) is 61.7 Å². The Hall–Kier alpha value is -1.89. The molecular weight excluding hydrogens is 336 g/mol. The normalized spacial score (nSPS) is 16.0. The third kappa shape index (κ3) is 4.21. The van der Waals surface area contributed by atoms with Crippen LogP contribution in [0.4, 0.5) is 0 Å². The van der Waals surface area contributed by atoms with Gasteiger partial charge in [0.25, 0.3) is 0 Å². The lowest BCUT2D eigenvalue weighted by atomic mass is 10.1. The van der Waals surface area contributed by atoms with E-state index in [-0.39, 0.29) is 4.90 Å². The molecule has 0 bridgehead atoms. The van der Waals surface area contributed by atoms with E-state index in [2.05, 4.69) is 11.4 Å². The van der Waals surface area contributed by atoms with E-state index in [4.69, 9.17) is 4.74 Å². The van der Waals surface area contributed by atoms with Crippen LogP contribution in [0.1, 0.15) is 16.7 Å². The molecule has 1 fully saturated rings. The Morgan fingerprint density at radius 3 is 1.96 bits per heavy atom. The van der Waals surface area contributed by atoms with Crippen molar-refractivity contribution in [3.63, 3.8) is 0 Å². The zero-order valence-electron chi connectivity index (χ0n) is 14.9. The number of benzene rings is 2. The lowest BCUT2D eigenvalue weighted by Gasteiger charge is -2.26. The average Bonchev–Trinajstić information content (AvgIpc) is 2.54. The van der Waals surface area contributed by atoms with Crippen molar-refractivity contribution in [2.75, 3.05) is 26.2 Å². The SMILES string of the molecule is Cc1cc(C)cc(Oc2cc(C)cc(S(=O)(=O)N3CCNCC3)c2)c1. The third-order valence-electron chi connectivity index (χ3n) is 4.17. The number of piperazine rings is 1. The lowest BCUT2D eigenvalue weighted by molar-refractivity contribution is 0.360. The van der Waals surface area contributed by atoms with Crippen molar-refractivity contribution in [1.82, 2.24) is 9.62 Å². The molecule has 0 aliphatic carbocycles. The number of nitrogens with one attached hydrogen (secondary N) is 1. The molecule has 134 valence electrons. The first-order valence-corrected chi connectivity index (χ1v) is 9.87. The molecule has 25 heavy (non-hydrogen) atoms. The zero-order chi connectivity index (χ0) is 18.0. The smallest absolute Gasteiger partial charge is 0.243 e. The molecular formula is C19H24N2O3S. The molecule has 1 aliphatic rings. The summed E-state index contributed by atoms with van der Waals surface area (Å²) >= 11 is 0. The van der Waals surface area contributed by atoms with Crippen molar-refractivity contribution >= 4 is 10.0 Å². The highest BCUT2D eigenvalue weighted by Gasteiger charge is 2.26. The summed E-state index contributed by atoms with van der Waals surface area (Å²) in [5.74, 6) is 1.26. The van der Waals surface area contributed by atoms with E-state index in [0.717, 1.165) is 16.7 Å². The van der Waals surface area contributed by atoms with E-state index in [1.54, 1.807) is 12.1 Å². The minimum atomic E-state index is -3.50. The molecule has 0 aromatic heterocycles. The Kier molecular flexibility index (Phi) is 5.13. The van der Waals surface area contributed by atoms with Crippen LogP contribution in [-0.2, 0) is 10.0 Å². The summed E-state index contributed by atoms with van der Waals surface area (Å²) in [6.45, 7) is 8.24. The minimum Gasteiger partial charge on any atom is -0.457 e. The zero-order valence-corrected chi connectivity index (χ0v) is 15.7. The van der Waals surface area contributed by atoms with Gasteiger partial charge in [0.1, 0.15) is 11.5 Å². The van der Waals surface area contributed by atoms with Gasteiger partial charge in [0.05, 0.1) is 4.90 Å². The first kappa shape index (κ1) is 17.9. The topological polar surface area (TPSA) is 58.6 Å². The molecule has 5 nitrogen and oxygen atoms in total. The summed E-state index contributed by atoms with van der Waals surface area (Å²) in [6.07, 6.45) is 0. The van der Waals surface area contributed by atoms with Crippen molar-refractivity contribution in [1.29, 1.82) is 0 Å². The highest BCUT2D eigenvalue weighted by atomic mass is 32.2. The molecule has 1 aliphatic heterocycles. The van der Waals surface area contributed by atoms with Gasteiger partial charge in [-0.15, -0.1) is 0 Å². The summed E-state index contributed by atoms with van der Waals surface area (Å²) in [7, 11) is -3.50. The first-order chi connectivity index (χ1) is 11.8. The molecule has 0 atom stereocenters. The van der Waals surface area contributed by atoms with E-state index >= 15 is 0 Å². The highest BCUT2D eigenvalue weighted by Crippen LogP contribution is 2.28. The largest absolute Gasteiger partial charge is 0.457 e. The molecule has 1 heterocycles. The molecule has 0 amide bonds. The van der Waals surface area contributed by atoms with Crippen LogP contribution in [0.5, 0.6) is 11.5 Å². The van der Waals surface area contributed by atoms with Gasteiger partial charge >= 0.3 is 0 Å². The van der Waals surface area contributed by atoms with Crippen molar-refractivity contribution in [3.05, 3.63) is 53.1 Å². The van der Waals surface area contributed by atoms with Crippen LogP contribution >= 0.6 is 0 Å². The Bertz CT molecular complexity index is 852. The van der Waals surface area contributed by atoms with Crippen LogP contribution in [-0.4, -0.2) is 38.9 Å². The highest BCUT2D eigenvalue weighted by molar-refractivity contribution is 7.89. The van der Waals surface area contributed by atoms with Gasteiger partial charge in [0.15, 0.2) is 0 Å². The number of ether oxygens (including phenoxy) is 1. The maximum absolute atomic E-state index is 12.9. The van der Waals surface area contributed by atoms with Gasteiger partial charge in [-0.25, -0.2) is 8.42 Å². The van der Waals surface area contributed by atoms with E-state index < -0.39 is 10.0 Å². The molecule has 0 radical (unpaired) electrons. The molecule has 1 saturated heterocycles. The predicted octanol–water partition coefficient (Wildman–Crippen LogP) is 3.00. The fourth-order valence-electron chi connectivity index (χ4n) is 3.08. The van der Waals surface area contributed by atoms with E-state index in [1.807, 2.05) is 39.0 Å². The fraction of sp³-hybridized carbons (Fsp3) is 0.368. The minimum absolute atomic E-state index is 0.286. The molecule has 1 N–H and O–H groups in total. The fourth-order valence-corrected chi connectivity index (χ4v) is 4.64. The van der Waals surface area contributed by atoms with Gasteiger partial charge < -0.3 is 10.1 Å². The molecule has 0 unspecified atom stereocenters. The van der Waals surface area contributed by atoms with Gasteiger partial charge in [0.2, 0.25) is 10.0 Å². The second-order valence-corrected chi connectivity index (χ2v) is 8.50. The van der Waals surface area contributed by atoms with Gasteiger partial charge in [-0.3, -0.25) is 0 Å². The Morgan fingerprint density at radius 1 is 0.840 bits per heavy atom. The average molecular weight is 360 g/mol. The van der Waals surface area contributed by atoms with Crippen LogP contribution in [0.3, 0.4) is 0 Å². The van der Waals surface area contributed by atoms with Crippen molar-refractivity contribution in [3.8, 4) is 11.5 Å². The van der Waals surface area contributed by atoms with E-state index in [1.165, 1.54) is 4.31 Å². The number of sulfonamides is 1. The second-order valence-electron chi connectivity index (χ2n) is 6.56. The van der Waals surface area contributed by atoms with Crippen LogP contribution in [0.2, 0.25) is 0 Å². The van der Waals surface area contributed by atoms with Crippen LogP contribution in [0, 0.1) is 20.8 Å². The molecule has 6 heteroatoms. The number of hydrogen-bond donors (Lipinski definition) is 1. The number of hydrogen-bond acceptors (Lipinski definition) is 4. The monoisotopic (exact) mass is 360 g/mol. The summed E-state index contributed by atoms with van der Waals surface area (Å²) in [4.78, 5) is 0.286. The maximum atomic E-state index is 12.9. The van der Waals surface area contributed by atoms with Crippen molar-refractivity contribution in [2.24, 2.45) is 0 Å². The van der Waals surface area contributed by atoms with Gasteiger partial charge in [0, 0.05) is 32.2 Å². The quantitative estimate of drug-likeness (QED) is 0.911. The lowest BCUT2D eigenvalue weighted by Crippen LogP contribution is -2.46. The first-order valence-electron chi connectivity index (χ1n) is 8.43. The Morgan fingerprint density at radius 2 is 1.36 bits per heavy atom. The Labute approximate surface area is 149 Å². The van der Waals surface area contributed by atoms with Gasteiger partial charge in [-0.2, -0.15) is 4.31 Å².